The SMILES string of the molecule is COC1CC(Nc2snc(N)c2S(=O)(=O)C2CC2)C1. The summed E-state index contributed by atoms with van der Waals surface area (Å²) in [7, 11) is -1.61. The van der Waals surface area contributed by atoms with Gasteiger partial charge in [-0.05, 0) is 37.2 Å². The van der Waals surface area contributed by atoms with Crippen LogP contribution in [-0.2, 0) is 14.6 Å². The molecule has 2 fully saturated rings. The van der Waals surface area contributed by atoms with Crippen LogP contribution in [0, 0.1) is 0 Å². The van der Waals surface area contributed by atoms with E-state index < -0.39 is 9.84 Å². The van der Waals surface area contributed by atoms with Crippen molar-refractivity contribution in [2.45, 2.75) is 48.0 Å². The van der Waals surface area contributed by atoms with Gasteiger partial charge in [0.2, 0.25) is 0 Å². The average molecular weight is 303 g/mol. The quantitative estimate of drug-likeness (QED) is 0.850. The Labute approximate surface area is 116 Å². The smallest absolute Gasteiger partial charge is 0.187 e. The van der Waals surface area contributed by atoms with E-state index in [1.165, 1.54) is 0 Å². The fourth-order valence-corrected chi connectivity index (χ4v) is 5.22. The van der Waals surface area contributed by atoms with Crippen LogP contribution in [0.25, 0.3) is 0 Å². The summed E-state index contributed by atoms with van der Waals surface area (Å²) < 4.78 is 33.9. The first-order valence-electron chi connectivity index (χ1n) is 6.30. The van der Waals surface area contributed by atoms with Crippen molar-refractivity contribution in [3.05, 3.63) is 0 Å². The molecule has 0 bridgehead atoms. The number of nitrogens with two attached hydrogens (primary N) is 1. The average Bonchev–Trinajstić information content (AvgIpc) is 3.09. The predicted octanol–water partition coefficient (Wildman–Crippen LogP) is 1.25. The zero-order valence-electron chi connectivity index (χ0n) is 10.6. The Balaban J connectivity index is 1.79. The first kappa shape index (κ1) is 13.1. The number of hydrogen-bond acceptors (Lipinski definition) is 7. The van der Waals surface area contributed by atoms with Gasteiger partial charge in [-0.3, -0.25) is 0 Å². The highest BCUT2D eigenvalue weighted by Crippen LogP contribution is 2.42. The molecule has 2 saturated carbocycles. The molecule has 8 heteroatoms. The third kappa shape index (κ3) is 2.32. The van der Waals surface area contributed by atoms with E-state index >= 15 is 0 Å². The molecule has 2 aliphatic rings. The molecule has 0 amide bonds. The number of methoxy groups -OCH3 is 1. The third-order valence-corrected chi connectivity index (χ3v) is 6.94. The molecule has 0 unspecified atom stereocenters. The molecule has 6 nitrogen and oxygen atoms in total. The van der Waals surface area contributed by atoms with Gasteiger partial charge >= 0.3 is 0 Å². The van der Waals surface area contributed by atoms with E-state index in [2.05, 4.69) is 9.69 Å². The van der Waals surface area contributed by atoms with E-state index in [0.717, 1.165) is 37.2 Å². The van der Waals surface area contributed by atoms with E-state index in [1.54, 1.807) is 7.11 Å². The zero-order chi connectivity index (χ0) is 13.6. The first-order valence-corrected chi connectivity index (χ1v) is 8.62. The highest BCUT2D eigenvalue weighted by Gasteiger charge is 2.41. The van der Waals surface area contributed by atoms with Crippen LogP contribution in [0.2, 0.25) is 0 Å². The maximum atomic E-state index is 12.3. The number of sulfone groups is 1. The summed E-state index contributed by atoms with van der Waals surface area (Å²) in [6.07, 6.45) is 3.50. The Morgan fingerprint density at radius 3 is 2.68 bits per heavy atom. The fraction of sp³-hybridized carbons (Fsp3) is 0.727. The highest BCUT2D eigenvalue weighted by molar-refractivity contribution is 7.92. The van der Waals surface area contributed by atoms with Crippen molar-refractivity contribution < 1.29 is 13.2 Å². The number of nitrogen functional groups attached to an aromatic ring is 1. The minimum atomic E-state index is -3.30. The summed E-state index contributed by atoms with van der Waals surface area (Å²) in [5, 5.41) is 3.56. The second kappa shape index (κ2) is 4.60. The summed E-state index contributed by atoms with van der Waals surface area (Å²) in [6.45, 7) is 0. The van der Waals surface area contributed by atoms with Crippen LogP contribution in [-0.4, -0.2) is 37.3 Å². The van der Waals surface area contributed by atoms with E-state index in [1.807, 2.05) is 0 Å². The molecule has 0 atom stereocenters. The monoisotopic (exact) mass is 303 g/mol. The Bertz CT molecular complexity index is 574. The maximum absolute atomic E-state index is 12.3. The molecule has 0 spiro atoms. The van der Waals surface area contributed by atoms with Crippen LogP contribution in [0.4, 0.5) is 10.8 Å². The molecule has 2 aliphatic carbocycles. The fourth-order valence-electron chi connectivity index (χ4n) is 2.27. The third-order valence-electron chi connectivity index (χ3n) is 3.69. The van der Waals surface area contributed by atoms with E-state index in [-0.39, 0.29) is 28.1 Å². The van der Waals surface area contributed by atoms with Crippen LogP contribution < -0.4 is 11.1 Å². The van der Waals surface area contributed by atoms with Crippen LogP contribution in [0.3, 0.4) is 0 Å². The molecule has 0 radical (unpaired) electrons. The van der Waals surface area contributed by atoms with E-state index in [0.29, 0.717) is 5.00 Å². The lowest BCUT2D eigenvalue weighted by molar-refractivity contribution is 0.0329. The van der Waals surface area contributed by atoms with Crippen molar-refractivity contribution in [2.24, 2.45) is 0 Å². The molecule has 1 aromatic heterocycles. The molecule has 0 aliphatic heterocycles. The van der Waals surface area contributed by atoms with Crippen LogP contribution in [0.5, 0.6) is 0 Å². The minimum Gasteiger partial charge on any atom is -0.382 e. The lowest BCUT2D eigenvalue weighted by atomic mass is 9.89. The molecular formula is C11H17N3O3S2. The van der Waals surface area contributed by atoms with Gasteiger partial charge in [-0.1, -0.05) is 0 Å². The summed E-state index contributed by atoms with van der Waals surface area (Å²) in [4.78, 5) is 0.209. The summed E-state index contributed by atoms with van der Waals surface area (Å²) in [5.74, 6) is 0.127. The number of nitrogens with one attached hydrogen (secondary N) is 1. The molecule has 106 valence electrons. The van der Waals surface area contributed by atoms with Crippen molar-refractivity contribution in [1.29, 1.82) is 0 Å². The van der Waals surface area contributed by atoms with Crippen molar-refractivity contribution >= 4 is 32.2 Å². The number of rotatable bonds is 5. The van der Waals surface area contributed by atoms with Gasteiger partial charge in [-0.2, -0.15) is 4.37 Å². The van der Waals surface area contributed by atoms with Gasteiger partial charge in [0.25, 0.3) is 0 Å². The van der Waals surface area contributed by atoms with E-state index in [9.17, 15) is 8.42 Å². The number of aromatic nitrogens is 1. The lowest BCUT2D eigenvalue weighted by Crippen LogP contribution is -2.40. The van der Waals surface area contributed by atoms with Crippen LogP contribution >= 0.6 is 11.5 Å². The Kier molecular flexibility index (Phi) is 3.18. The first-order chi connectivity index (χ1) is 9.02. The molecule has 3 N–H and O–H groups in total. The molecule has 19 heavy (non-hydrogen) atoms. The van der Waals surface area contributed by atoms with Crippen LogP contribution in [0.15, 0.2) is 4.90 Å². The summed E-state index contributed by atoms with van der Waals surface area (Å²) in [5.41, 5.74) is 5.74. The van der Waals surface area contributed by atoms with Crippen molar-refractivity contribution in [2.75, 3.05) is 18.2 Å². The molecule has 1 aromatic rings. The van der Waals surface area contributed by atoms with Gasteiger partial charge in [0.1, 0.15) is 9.90 Å². The molecule has 1 heterocycles. The van der Waals surface area contributed by atoms with Gasteiger partial charge in [0.15, 0.2) is 15.7 Å². The zero-order valence-corrected chi connectivity index (χ0v) is 12.3. The Morgan fingerprint density at radius 1 is 1.42 bits per heavy atom. The molecule has 3 rings (SSSR count). The van der Waals surface area contributed by atoms with Gasteiger partial charge in [-0.15, -0.1) is 0 Å². The minimum absolute atomic E-state index is 0.127. The number of ether oxygens (including phenoxy) is 1. The lowest BCUT2D eigenvalue weighted by Gasteiger charge is -2.34. The highest BCUT2D eigenvalue weighted by atomic mass is 32.2. The van der Waals surface area contributed by atoms with E-state index in [4.69, 9.17) is 10.5 Å². The predicted molar refractivity (Wildman–Crippen MR) is 74.2 cm³/mol. The van der Waals surface area contributed by atoms with Gasteiger partial charge < -0.3 is 15.8 Å². The second-order valence-corrected chi connectivity index (χ2v) is 8.08. The Morgan fingerprint density at radius 2 is 2.11 bits per heavy atom. The summed E-state index contributed by atoms with van der Waals surface area (Å²) >= 11 is 1.13. The summed E-state index contributed by atoms with van der Waals surface area (Å²) in [6, 6.07) is 0.248. The number of nitrogens with zero attached hydrogens (tertiary/aromatic N) is 1. The normalized spacial score (nSPS) is 27.0. The van der Waals surface area contributed by atoms with Gasteiger partial charge in [-0.25, -0.2) is 8.42 Å². The maximum Gasteiger partial charge on any atom is 0.187 e. The number of hydrogen-bond donors (Lipinski definition) is 2. The van der Waals surface area contributed by atoms with Crippen molar-refractivity contribution in [3.63, 3.8) is 0 Å². The van der Waals surface area contributed by atoms with Crippen molar-refractivity contribution in [1.82, 2.24) is 4.37 Å². The number of anilines is 2. The molecule has 0 aromatic carbocycles. The standard InChI is InChI=1S/C11H17N3O3S2/c1-17-7-4-6(5-7)13-11-9(10(12)14-18-11)19(15,16)8-2-3-8/h6-8,13H,2-5H2,1H3,(H2,12,14). The van der Waals surface area contributed by atoms with Crippen LogP contribution in [0.1, 0.15) is 25.7 Å². The topological polar surface area (TPSA) is 94.3 Å². The second-order valence-electron chi connectivity index (χ2n) is 5.14. The van der Waals surface area contributed by atoms with Gasteiger partial charge in [0, 0.05) is 13.2 Å². The van der Waals surface area contributed by atoms with Gasteiger partial charge in [0.05, 0.1) is 11.4 Å². The molecular weight excluding hydrogens is 286 g/mol. The Hall–Kier alpha value is -0.860. The van der Waals surface area contributed by atoms with Crippen molar-refractivity contribution in [3.8, 4) is 0 Å². The largest absolute Gasteiger partial charge is 0.382 e. The molecule has 0 saturated heterocycles.